The van der Waals surface area contributed by atoms with Crippen LogP contribution in [0.25, 0.3) is 0 Å². The van der Waals surface area contributed by atoms with Crippen LogP contribution in [0.5, 0.6) is 5.75 Å². The van der Waals surface area contributed by atoms with E-state index in [0.717, 1.165) is 43.4 Å². The van der Waals surface area contributed by atoms with E-state index in [1.165, 1.54) is 0 Å². The molecule has 0 radical (unpaired) electrons. The second kappa shape index (κ2) is 4.56. The Morgan fingerprint density at radius 1 is 1.33 bits per heavy atom. The van der Waals surface area contributed by atoms with Crippen molar-refractivity contribution in [2.75, 3.05) is 7.11 Å². The van der Waals surface area contributed by atoms with E-state index in [0.29, 0.717) is 6.10 Å². The van der Waals surface area contributed by atoms with Gasteiger partial charge in [-0.2, -0.15) is 0 Å². The normalized spacial score (nSPS) is 35.0. The molecular formula is C15H21NO2. The fourth-order valence-electron chi connectivity index (χ4n) is 3.42. The third-order valence-electron chi connectivity index (χ3n) is 4.33. The predicted octanol–water partition coefficient (Wildman–Crippen LogP) is 2.80. The van der Waals surface area contributed by atoms with E-state index in [-0.39, 0.29) is 11.6 Å². The summed E-state index contributed by atoms with van der Waals surface area (Å²) in [5.74, 6) is 0.966. The first-order valence-corrected chi connectivity index (χ1v) is 6.79. The molecule has 3 rings (SSSR count). The zero-order valence-electron chi connectivity index (χ0n) is 10.9. The molecule has 2 unspecified atom stereocenters. The summed E-state index contributed by atoms with van der Waals surface area (Å²) in [5.41, 5.74) is 7.35. The van der Waals surface area contributed by atoms with Crippen molar-refractivity contribution in [1.82, 2.24) is 0 Å². The van der Waals surface area contributed by atoms with Gasteiger partial charge in [-0.3, -0.25) is 0 Å². The van der Waals surface area contributed by atoms with Gasteiger partial charge in [-0.15, -0.1) is 0 Å². The Morgan fingerprint density at radius 3 is 3.00 bits per heavy atom. The molecule has 98 valence electrons. The molecule has 0 bridgehead atoms. The summed E-state index contributed by atoms with van der Waals surface area (Å²) < 4.78 is 11.8. The van der Waals surface area contributed by atoms with E-state index in [1.54, 1.807) is 7.11 Å². The largest absolute Gasteiger partial charge is 0.487 e. The van der Waals surface area contributed by atoms with Crippen LogP contribution < -0.4 is 10.5 Å². The van der Waals surface area contributed by atoms with E-state index >= 15 is 0 Å². The highest BCUT2D eigenvalue weighted by Gasteiger charge is 2.43. The van der Waals surface area contributed by atoms with Crippen LogP contribution in [-0.2, 0) is 4.74 Å². The number of methoxy groups -OCH3 is 1. The number of hydrogen-bond acceptors (Lipinski definition) is 3. The number of benzene rings is 1. The van der Waals surface area contributed by atoms with Crippen LogP contribution in [0.15, 0.2) is 24.3 Å². The van der Waals surface area contributed by atoms with Crippen LogP contribution >= 0.6 is 0 Å². The van der Waals surface area contributed by atoms with Crippen LogP contribution in [-0.4, -0.2) is 18.8 Å². The van der Waals surface area contributed by atoms with Crippen LogP contribution in [0.2, 0.25) is 0 Å². The molecule has 3 atom stereocenters. The van der Waals surface area contributed by atoms with Gasteiger partial charge in [0.15, 0.2) is 0 Å². The van der Waals surface area contributed by atoms with Gasteiger partial charge in [0, 0.05) is 31.6 Å². The van der Waals surface area contributed by atoms with Gasteiger partial charge in [-0.1, -0.05) is 18.2 Å². The van der Waals surface area contributed by atoms with Gasteiger partial charge < -0.3 is 15.2 Å². The molecule has 3 nitrogen and oxygen atoms in total. The molecule has 0 aromatic heterocycles. The summed E-state index contributed by atoms with van der Waals surface area (Å²) in [6.45, 7) is 0. The first-order valence-electron chi connectivity index (χ1n) is 6.79. The van der Waals surface area contributed by atoms with Crippen molar-refractivity contribution in [3.05, 3.63) is 29.8 Å². The molecule has 1 aromatic carbocycles. The van der Waals surface area contributed by atoms with Gasteiger partial charge in [0.05, 0.1) is 6.10 Å². The lowest BCUT2D eigenvalue weighted by Crippen LogP contribution is -2.48. The van der Waals surface area contributed by atoms with E-state index in [9.17, 15) is 0 Å². The summed E-state index contributed by atoms with van der Waals surface area (Å²) in [7, 11) is 1.79. The van der Waals surface area contributed by atoms with Gasteiger partial charge in [0.1, 0.15) is 11.4 Å². The molecule has 1 saturated carbocycles. The Kier molecular flexibility index (Phi) is 3.04. The molecule has 2 N–H and O–H groups in total. The topological polar surface area (TPSA) is 44.5 Å². The molecule has 18 heavy (non-hydrogen) atoms. The first-order chi connectivity index (χ1) is 8.72. The Labute approximate surface area is 108 Å². The maximum atomic E-state index is 6.32. The molecule has 3 heteroatoms. The fourth-order valence-corrected chi connectivity index (χ4v) is 3.42. The number of rotatable bonds is 1. The Balaban J connectivity index is 1.88. The van der Waals surface area contributed by atoms with Crippen molar-refractivity contribution < 1.29 is 9.47 Å². The summed E-state index contributed by atoms with van der Waals surface area (Å²) in [6, 6.07) is 8.24. The second-order valence-electron chi connectivity index (χ2n) is 5.59. The highest BCUT2D eigenvalue weighted by atomic mass is 16.5. The summed E-state index contributed by atoms with van der Waals surface area (Å²) >= 11 is 0. The number of para-hydroxylation sites is 1. The third-order valence-corrected chi connectivity index (χ3v) is 4.33. The number of nitrogens with two attached hydrogens (primary N) is 1. The molecule has 1 aliphatic carbocycles. The zero-order chi connectivity index (χ0) is 12.6. The summed E-state index contributed by atoms with van der Waals surface area (Å²) in [5, 5.41) is 0. The van der Waals surface area contributed by atoms with Gasteiger partial charge in [0.2, 0.25) is 0 Å². The third kappa shape index (κ3) is 2.02. The molecule has 1 heterocycles. The van der Waals surface area contributed by atoms with Crippen molar-refractivity contribution in [1.29, 1.82) is 0 Å². The molecule has 1 spiro atoms. The SMILES string of the molecule is COC1CCCC2(C1)C[C@@H](N)c1ccccc1O2. The Hall–Kier alpha value is -1.06. The van der Waals surface area contributed by atoms with Gasteiger partial charge in [-0.25, -0.2) is 0 Å². The van der Waals surface area contributed by atoms with Crippen molar-refractivity contribution >= 4 is 0 Å². The van der Waals surface area contributed by atoms with Crippen LogP contribution in [0.4, 0.5) is 0 Å². The molecule has 0 saturated heterocycles. The summed E-state index contributed by atoms with van der Waals surface area (Å²) in [4.78, 5) is 0. The van der Waals surface area contributed by atoms with E-state index in [4.69, 9.17) is 15.2 Å². The quantitative estimate of drug-likeness (QED) is 0.830. The minimum atomic E-state index is -0.104. The van der Waals surface area contributed by atoms with Crippen molar-refractivity contribution in [2.24, 2.45) is 5.73 Å². The lowest BCUT2D eigenvalue weighted by Gasteiger charge is -2.45. The molecule has 0 amide bonds. The Morgan fingerprint density at radius 2 is 2.17 bits per heavy atom. The van der Waals surface area contributed by atoms with Gasteiger partial charge >= 0.3 is 0 Å². The van der Waals surface area contributed by atoms with Crippen LogP contribution in [0.3, 0.4) is 0 Å². The smallest absolute Gasteiger partial charge is 0.124 e. The van der Waals surface area contributed by atoms with Gasteiger partial charge in [0.25, 0.3) is 0 Å². The van der Waals surface area contributed by atoms with Crippen LogP contribution in [0.1, 0.15) is 43.7 Å². The average molecular weight is 247 g/mol. The number of fused-ring (bicyclic) bond motifs is 1. The highest BCUT2D eigenvalue weighted by Crippen LogP contribution is 2.45. The van der Waals surface area contributed by atoms with Crippen molar-refractivity contribution in [2.45, 2.75) is 49.9 Å². The number of hydrogen-bond donors (Lipinski definition) is 1. The summed E-state index contributed by atoms with van der Waals surface area (Å²) in [6.07, 6.45) is 5.58. The fraction of sp³-hybridized carbons (Fsp3) is 0.600. The van der Waals surface area contributed by atoms with E-state index in [1.807, 2.05) is 18.2 Å². The maximum absolute atomic E-state index is 6.32. The Bertz CT molecular complexity index is 434. The molecular weight excluding hydrogens is 226 g/mol. The van der Waals surface area contributed by atoms with Crippen molar-refractivity contribution in [3.8, 4) is 5.75 Å². The predicted molar refractivity (Wildman–Crippen MR) is 70.6 cm³/mol. The molecule has 1 fully saturated rings. The van der Waals surface area contributed by atoms with E-state index < -0.39 is 0 Å². The molecule has 1 aromatic rings. The van der Waals surface area contributed by atoms with E-state index in [2.05, 4.69) is 6.07 Å². The second-order valence-corrected chi connectivity index (χ2v) is 5.59. The zero-order valence-corrected chi connectivity index (χ0v) is 10.9. The molecule has 2 aliphatic rings. The van der Waals surface area contributed by atoms with Crippen molar-refractivity contribution in [3.63, 3.8) is 0 Å². The number of ether oxygens (including phenoxy) is 2. The molecule has 1 aliphatic heterocycles. The minimum absolute atomic E-state index is 0.0885. The highest BCUT2D eigenvalue weighted by molar-refractivity contribution is 5.38. The average Bonchev–Trinajstić information content (AvgIpc) is 2.38. The lowest BCUT2D eigenvalue weighted by atomic mass is 9.76. The van der Waals surface area contributed by atoms with Gasteiger partial charge in [-0.05, 0) is 25.3 Å². The first kappa shape index (κ1) is 12.0. The minimum Gasteiger partial charge on any atom is -0.487 e. The monoisotopic (exact) mass is 247 g/mol. The lowest BCUT2D eigenvalue weighted by molar-refractivity contribution is -0.0577. The van der Waals surface area contributed by atoms with Crippen LogP contribution in [0, 0.1) is 0 Å². The maximum Gasteiger partial charge on any atom is 0.124 e. The standard InChI is InChI=1S/C15H21NO2/c1-17-11-5-4-8-15(9-11)10-13(16)12-6-2-3-7-14(12)18-15/h2-3,6-7,11,13H,4-5,8-10,16H2,1H3/t11?,13-,15?/m1/s1.